The van der Waals surface area contributed by atoms with Gasteiger partial charge in [0, 0.05) is 24.4 Å². The third-order valence-electron chi connectivity index (χ3n) is 4.82. The first kappa shape index (κ1) is 18.0. The maximum Gasteiger partial charge on any atom is 0.407 e. The number of carboxylic acid groups (broad SMARTS) is 1. The Kier molecular flexibility index (Phi) is 4.73. The van der Waals surface area contributed by atoms with E-state index in [1.54, 1.807) is 16.8 Å². The summed E-state index contributed by atoms with van der Waals surface area (Å²) in [5, 5.41) is 13.6. The van der Waals surface area contributed by atoms with E-state index >= 15 is 0 Å². The van der Waals surface area contributed by atoms with Crippen molar-refractivity contribution in [2.24, 2.45) is 0 Å². The molecule has 1 aliphatic heterocycles. The Morgan fingerprint density at radius 1 is 1.29 bits per heavy atom. The standard InChI is InChI=1S/C21H20FN3O3/c1-24(21(26)27)13-16-11-14(4-6-18(16)22)19-8-9-25(23-19)17-5-7-20-15(12-17)3-2-10-28-20/h4-9,11-12H,2-3,10,13H2,1H3,(H,26,27). The Morgan fingerprint density at radius 2 is 2.14 bits per heavy atom. The fourth-order valence-electron chi connectivity index (χ4n) is 3.29. The number of nitrogens with zero attached hydrogens (tertiary/aromatic N) is 3. The van der Waals surface area contributed by atoms with Gasteiger partial charge in [-0.05, 0) is 60.9 Å². The SMILES string of the molecule is CN(Cc1cc(-c2ccn(-c3ccc4c(c3)CCCO4)n2)ccc1F)C(=O)O. The molecule has 1 amide bonds. The van der Waals surface area contributed by atoms with Crippen LogP contribution in [0.4, 0.5) is 9.18 Å². The highest BCUT2D eigenvalue weighted by atomic mass is 19.1. The largest absolute Gasteiger partial charge is 0.493 e. The predicted octanol–water partition coefficient (Wildman–Crippen LogP) is 4.11. The van der Waals surface area contributed by atoms with Gasteiger partial charge in [-0.15, -0.1) is 0 Å². The van der Waals surface area contributed by atoms with Crippen molar-refractivity contribution in [3.05, 3.63) is 65.6 Å². The van der Waals surface area contributed by atoms with E-state index in [0.29, 0.717) is 11.3 Å². The van der Waals surface area contributed by atoms with Crippen molar-refractivity contribution in [2.75, 3.05) is 13.7 Å². The smallest absolute Gasteiger partial charge is 0.407 e. The summed E-state index contributed by atoms with van der Waals surface area (Å²) in [5.41, 5.74) is 3.83. The summed E-state index contributed by atoms with van der Waals surface area (Å²) in [6.07, 6.45) is 2.73. The fourth-order valence-corrected chi connectivity index (χ4v) is 3.29. The molecule has 0 saturated heterocycles. The van der Waals surface area contributed by atoms with E-state index in [2.05, 4.69) is 11.2 Å². The van der Waals surface area contributed by atoms with Gasteiger partial charge in [-0.2, -0.15) is 5.10 Å². The van der Waals surface area contributed by atoms with E-state index in [4.69, 9.17) is 9.84 Å². The second kappa shape index (κ2) is 7.34. The van der Waals surface area contributed by atoms with Crippen LogP contribution in [-0.4, -0.2) is 39.5 Å². The van der Waals surface area contributed by atoms with Gasteiger partial charge >= 0.3 is 6.09 Å². The summed E-state index contributed by atoms with van der Waals surface area (Å²) in [6, 6.07) is 12.5. The van der Waals surface area contributed by atoms with Gasteiger partial charge in [0.25, 0.3) is 0 Å². The average molecular weight is 381 g/mol. The Labute approximate surface area is 161 Å². The lowest BCUT2D eigenvalue weighted by Gasteiger charge is -2.17. The highest BCUT2D eigenvalue weighted by Gasteiger charge is 2.14. The summed E-state index contributed by atoms with van der Waals surface area (Å²) in [4.78, 5) is 12.0. The number of amides is 1. The number of hydrogen-bond acceptors (Lipinski definition) is 3. The fraction of sp³-hybridized carbons (Fsp3) is 0.238. The van der Waals surface area contributed by atoms with E-state index < -0.39 is 11.9 Å². The minimum Gasteiger partial charge on any atom is -0.493 e. The number of aromatic nitrogens is 2. The lowest BCUT2D eigenvalue weighted by molar-refractivity contribution is 0.153. The monoisotopic (exact) mass is 381 g/mol. The van der Waals surface area contributed by atoms with Gasteiger partial charge in [0.2, 0.25) is 0 Å². The van der Waals surface area contributed by atoms with Crippen LogP contribution in [0, 0.1) is 5.82 Å². The van der Waals surface area contributed by atoms with Crippen molar-refractivity contribution in [1.29, 1.82) is 0 Å². The molecule has 144 valence electrons. The molecule has 0 unspecified atom stereocenters. The van der Waals surface area contributed by atoms with E-state index in [-0.39, 0.29) is 6.54 Å². The first-order valence-electron chi connectivity index (χ1n) is 9.06. The van der Waals surface area contributed by atoms with Gasteiger partial charge in [0.05, 0.1) is 24.5 Å². The quantitative estimate of drug-likeness (QED) is 0.738. The number of hydrogen-bond donors (Lipinski definition) is 1. The van der Waals surface area contributed by atoms with Gasteiger partial charge in [0.15, 0.2) is 0 Å². The van der Waals surface area contributed by atoms with Crippen molar-refractivity contribution in [2.45, 2.75) is 19.4 Å². The maximum absolute atomic E-state index is 14.1. The molecule has 2 aromatic carbocycles. The molecule has 0 saturated carbocycles. The maximum atomic E-state index is 14.1. The zero-order valence-corrected chi connectivity index (χ0v) is 15.4. The normalized spacial score (nSPS) is 12.9. The molecule has 6 nitrogen and oxygen atoms in total. The molecule has 0 bridgehead atoms. The minimum atomic E-state index is -1.11. The Hall–Kier alpha value is -3.35. The summed E-state index contributed by atoms with van der Waals surface area (Å²) >= 11 is 0. The molecule has 7 heteroatoms. The van der Waals surface area contributed by atoms with Crippen molar-refractivity contribution in [3.63, 3.8) is 0 Å². The first-order chi connectivity index (χ1) is 13.5. The van der Waals surface area contributed by atoms with Gasteiger partial charge in [0.1, 0.15) is 11.6 Å². The van der Waals surface area contributed by atoms with Crippen molar-refractivity contribution >= 4 is 6.09 Å². The van der Waals surface area contributed by atoms with E-state index in [1.165, 1.54) is 18.7 Å². The number of benzene rings is 2. The molecule has 0 spiro atoms. The molecule has 1 N–H and O–H groups in total. The van der Waals surface area contributed by atoms with Crippen LogP contribution in [0.2, 0.25) is 0 Å². The van der Waals surface area contributed by atoms with Gasteiger partial charge in [-0.3, -0.25) is 0 Å². The number of aryl methyl sites for hydroxylation is 1. The summed E-state index contributed by atoms with van der Waals surface area (Å²) in [5.74, 6) is 0.485. The predicted molar refractivity (Wildman–Crippen MR) is 102 cm³/mol. The molecule has 1 aliphatic rings. The van der Waals surface area contributed by atoms with Crippen LogP contribution in [0.15, 0.2) is 48.7 Å². The average Bonchev–Trinajstić information content (AvgIpc) is 3.19. The van der Waals surface area contributed by atoms with Crippen molar-refractivity contribution in [3.8, 4) is 22.7 Å². The Morgan fingerprint density at radius 3 is 2.96 bits per heavy atom. The number of rotatable bonds is 4. The van der Waals surface area contributed by atoms with Crippen LogP contribution < -0.4 is 4.74 Å². The molecule has 4 rings (SSSR count). The highest BCUT2D eigenvalue weighted by Crippen LogP contribution is 2.28. The number of ether oxygens (including phenoxy) is 1. The van der Waals surface area contributed by atoms with E-state index in [1.807, 2.05) is 24.4 Å². The lowest BCUT2D eigenvalue weighted by Crippen LogP contribution is -2.24. The molecule has 3 aromatic rings. The van der Waals surface area contributed by atoms with Crippen LogP contribution >= 0.6 is 0 Å². The second-order valence-electron chi connectivity index (χ2n) is 6.83. The third kappa shape index (κ3) is 3.55. The lowest BCUT2D eigenvalue weighted by atomic mass is 10.1. The topological polar surface area (TPSA) is 67.6 Å². The highest BCUT2D eigenvalue weighted by molar-refractivity contribution is 5.65. The molecule has 0 fully saturated rings. The molecule has 0 aliphatic carbocycles. The van der Waals surface area contributed by atoms with Crippen molar-refractivity contribution in [1.82, 2.24) is 14.7 Å². The Bertz CT molecular complexity index is 1030. The van der Waals surface area contributed by atoms with Crippen LogP contribution in [0.1, 0.15) is 17.5 Å². The molecule has 0 radical (unpaired) electrons. The van der Waals surface area contributed by atoms with Crippen molar-refractivity contribution < 1.29 is 19.0 Å². The van der Waals surface area contributed by atoms with Gasteiger partial charge in [-0.25, -0.2) is 13.9 Å². The zero-order valence-electron chi connectivity index (χ0n) is 15.4. The molecular formula is C21H20FN3O3. The third-order valence-corrected chi connectivity index (χ3v) is 4.82. The number of halogens is 1. The van der Waals surface area contributed by atoms with Crippen LogP contribution in [-0.2, 0) is 13.0 Å². The molecule has 1 aromatic heterocycles. The van der Waals surface area contributed by atoms with Crippen LogP contribution in [0.3, 0.4) is 0 Å². The second-order valence-corrected chi connectivity index (χ2v) is 6.83. The minimum absolute atomic E-state index is 0.0272. The first-order valence-corrected chi connectivity index (χ1v) is 9.06. The van der Waals surface area contributed by atoms with Gasteiger partial charge in [-0.1, -0.05) is 0 Å². The molecular weight excluding hydrogens is 361 g/mol. The molecule has 2 heterocycles. The van der Waals surface area contributed by atoms with Crippen LogP contribution in [0.25, 0.3) is 16.9 Å². The molecule has 28 heavy (non-hydrogen) atoms. The summed E-state index contributed by atoms with van der Waals surface area (Å²) < 4.78 is 21.5. The van der Waals surface area contributed by atoms with E-state index in [0.717, 1.165) is 41.3 Å². The number of fused-ring (bicyclic) bond motifs is 1. The van der Waals surface area contributed by atoms with E-state index in [9.17, 15) is 9.18 Å². The summed E-state index contributed by atoms with van der Waals surface area (Å²) in [7, 11) is 1.41. The van der Waals surface area contributed by atoms with Crippen LogP contribution in [0.5, 0.6) is 5.75 Å². The summed E-state index contributed by atoms with van der Waals surface area (Å²) in [6.45, 7) is 0.725. The zero-order chi connectivity index (χ0) is 19.7. The van der Waals surface area contributed by atoms with Gasteiger partial charge < -0.3 is 14.7 Å². The molecule has 0 atom stereocenters. The number of carbonyl (C=O) groups is 1. The Balaban J connectivity index is 1.62.